The summed E-state index contributed by atoms with van der Waals surface area (Å²) in [4.78, 5) is 0. The van der Waals surface area contributed by atoms with Crippen LogP contribution < -0.4 is 5.32 Å². The van der Waals surface area contributed by atoms with Crippen molar-refractivity contribution in [2.24, 2.45) is 0 Å². The molecule has 0 heterocycles. The van der Waals surface area contributed by atoms with Crippen LogP contribution in [0, 0.1) is 0 Å². The summed E-state index contributed by atoms with van der Waals surface area (Å²) in [7, 11) is 1.69. The molecule has 0 amide bonds. The van der Waals surface area contributed by atoms with Crippen LogP contribution in [0.3, 0.4) is 0 Å². The molecule has 0 aromatic carbocycles. The second-order valence-electron chi connectivity index (χ2n) is 3.57. The molecule has 0 aromatic heterocycles. The van der Waals surface area contributed by atoms with Gasteiger partial charge in [0.2, 0.25) is 0 Å². The molecule has 0 aliphatic heterocycles. The van der Waals surface area contributed by atoms with Crippen molar-refractivity contribution in [2.45, 2.75) is 39.3 Å². The van der Waals surface area contributed by atoms with Gasteiger partial charge < -0.3 is 14.8 Å². The Balaban J connectivity index is 3.15. The number of methoxy groups -OCH3 is 1. The average Bonchev–Trinajstić information content (AvgIpc) is 2.04. The number of ether oxygens (including phenoxy) is 2. The molecule has 3 nitrogen and oxygen atoms in total. The smallest absolute Gasteiger partial charge is 0.0703 e. The quantitative estimate of drug-likeness (QED) is 0.586. The fourth-order valence-corrected chi connectivity index (χ4v) is 0.991. The standard InChI is InChI=1S/C10H23NO2/c1-9(2)11-6-5-10(3)13-8-7-12-4/h9-11H,5-8H2,1-4H3. The van der Waals surface area contributed by atoms with Gasteiger partial charge in [-0.25, -0.2) is 0 Å². The SMILES string of the molecule is COCCOC(C)CCNC(C)C. The van der Waals surface area contributed by atoms with Crippen LogP contribution in [0.4, 0.5) is 0 Å². The number of hydrogen-bond donors (Lipinski definition) is 1. The predicted molar refractivity (Wildman–Crippen MR) is 55.0 cm³/mol. The van der Waals surface area contributed by atoms with Crippen LogP contribution in [0.5, 0.6) is 0 Å². The largest absolute Gasteiger partial charge is 0.382 e. The summed E-state index contributed by atoms with van der Waals surface area (Å²) in [5.41, 5.74) is 0. The van der Waals surface area contributed by atoms with Crippen molar-refractivity contribution in [2.75, 3.05) is 26.9 Å². The molecule has 0 radical (unpaired) electrons. The van der Waals surface area contributed by atoms with Crippen molar-refractivity contribution in [3.63, 3.8) is 0 Å². The lowest BCUT2D eigenvalue weighted by Crippen LogP contribution is -2.27. The Morgan fingerprint density at radius 3 is 2.38 bits per heavy atom. The van der Waals surface area contributed by atoms with Gasteiger partial charge in [0, 0.05) is 13.2 Å². The number of nitrogens with one attached hydrogen (secondary N) is 1. The van der Waals surface area contributed by atoms with Gasteiger partial charge in [-0.05, 0) is 19.9 Å². The molecule has 0 rings (SSSR count). The first-order chi connectivity index (χ1) is 6.16. The second kappa shape index (κ2) is 8.48. The van der Waals surface area contributed by atoms with Crippen LogP contribution in [-0.2, 0) is 9.47 Å². The zero-order chi connectivity index (χ0) is 10.1. The van der Waals surface area contributed by atoms with Crippen LogP contribution in [-0.4, -0.2) is 39.0 Å². The molecule has 0 saturated carbocycles. The third-order valence-electron chi connectivity index (χ3n) is 1.79. The van der Waals surface area contributed by atoms with E-state index in [2.05, 4.69) is 26.1 Å². The molecule has 3 heteroatoms. The molecule has 1 atom stereocenters. The Labute approximate surface area is 81.8 Å². The summed E-state index contributed by atoms with van der Waals surface area (Å²) in [6.45, 7) is 8.79. The van der Waals surface area contributed by atoms with Crippen LogP contribution in [0.15, 0.2) is 0 Å². The third kappa shape index (κ3) is 9.80. The van der Waals surface area contributed by atoms with Crippen LogP contribution in [0.1, 0.15) is 27.2 Å². The first-order valence-corrected chi connectivity index (χ1v) is 5.00. The highest BCUT2D eigenvalue weighted by Crippen LogP contribution is 1.96. The first-order valence-electron chi connectivity index (χ1n) is 5.00. The van der Waals surface area contributed by atoms with E-state index in [1.54, 1.807) is 7.11 Å². The fourth-order valence-electron chi connectivity index (χ4n) is 0.991. The topological polar surface area (TPSA) is 30.5 Å². The van der Waals surface area contributed by atoms with E-state index < -0.39 is 0 Å². The summed E-state index contributed by atoms with van der Waals surface area (Å²) in [6, 6.07) is 0.561. The molecule has 1 N–H and O–H groups in total. The van der Waals surface area contributed by atoms with Gasteiger partial charge in [-0.15, -0.1) is 0 Å². The summed E-state index contributed by atoms with van der Waals surface area (Å²) < 4.78 is 10.4. The van der Waals surface area contributed by atoms with E-state index >= 15 is 0 Å². The maximum absolute atomic E-state index is 5.50. The average molecular weight is 189 g/mol. The molecule has 0 saturated heterocycles. The second-order valence-corrected chi connectivity index (χ2v) is 3.57. The molecule has 1 unspecified atom stereocenters. The first kappa shape index (κ1) is 12.9. The van der Waals surface area contributed by atoms with E-state index in [0.29, 0.717) is 25.4 Å². The maximum Gasteiger partial charge on any atom is 0.0703 e. The Hall–Kier alpha value is -0.120. The van der Waals surface area contributed by atoms with E-state index in [9.17, 15) is 0 Å². The van der Waals surface area contributed by atoms with Gasteiger partial charge in [0.25, 0.3) is 0 Å². The van der Waals surface area contributed by atoms with Crippen molar-refractivity contribution >= 4 is 0 Å². The minimum atomic E-state index is 0.321. The Morgan fingerprint density at radius 2 is 1.85 bits per heavy atom. The highest BCUT2D eigenvalue weighted by atomic mass is 16.5. The molecule has 0 aliphatic rings. The minimum absolute atomic E-state index is 0.321. The Bertz CT molecular complexity index is 107. The van der Waals surface area contributed by atoms with Gasteiger partial charge >= 0.3 is 0 Å². The summed E-state index contributed by atoms with van der Waals surface area (Å²) in [6.07, 6.45) is 1.38. The molecule has 0 aliphatic carbocycles. The van der Waals surface area contributed by atoms with Crippen molar-refractivity contribution in [1.82, 2.24) is 5.32 Å². The zero-order valence-electron chi connectivity index (χ0n) is 9.30. The lowest BCUT2D eigenvalue weighted by Gasteiger charge is -2.14. The highest BCUT2D eigenvalue weighted by molar-refractivity contribution is 4.57. The maximum atomic E-state index is 5.50. The molecular weight excluding hydrogens is 166 g/mol. The van der Waals surface area contributed by atoms with E-state index in [1.165, 1.54) is 0 Å². The van der Waals surface area contributed by atoms with E-state index in [0.717, 1.165) is 13.0 Å². The van der Waals surface area contributed by atoms with E-state index in [4.69, 9.17) is 9.47 Å². The highest BCUT2D eigenvalue weighted by Gasteiger charge is 2.01. The predicted octanol–water partition coefficient (Wildman–Crippen LogP) is 1.43. The lowest BCUT2D eigenvalue weighted by atomic mass is 10.2. The lowest BCUT2D eigenvalue weighted by molar-refractivity contribution is 0.0226. The van der Waals surface area contributed by atoms with Crippen LogP contribution >= 0.6 is 0 Å². The molecule has 13 heavy (non-hydrogen) atoms. The molecular formula is C10H23NO2. The van der Waals surface area contributed by atoms with Crippen molar-refractivity contribution in [3.05, 3.63) is 0 Å². The zero-order valence-corrected chi connectivity index (χ0v) is 9.30. The molecule has 0 aromatic rings. The van der Waals surface area contributed by atoms with Crippen LogP contribution in [0.25, 0.3) is 0 Å². The van der Waals surface area contributed by atoms with E-state index in [1.807, 2.05) is 0 Å². The summed E-state index contributed by atoms with van der Waals surface area (Å²) in [5.74, 6) is 0. The Kier molecular flexibility index (Phi) is 8.40. The molecule has 0 bridgehead atoms. The number of hydrogen-bond acceptors (Lipinski definition) is 3. The van der Waals surface area contributed by atoms with Gasteiger partial charge in [-0.2, -0.15) is 0 Å². The van der Waals surface area contributed by atoms with Gasteiger partial charge in [-0.1, -0.05) is 13.8 Å². The summed E-state index contributed by atoms with van der Waals surface area (Å²) in [5, 5.41) is 3.36. The summed E-state index contributed by atoms with van der Waals surface area (Å²) >= 11 is 0. The molecule has 80 valence electrons. The normalized spacial score (nSPS) is 13.6. The fraction of sp³-hybridized carbons (Fsp3) is 1.00. The molecule has 0 fully saturated rings. The minimum Gasteiger partial charge on any atom is -0.382 e. The molecule has 0 spiro atoms. The number of rotatable bonds is 8. The van der Waals surface area contributed by atoms with Crippen molar-refractivity contribution in [1.29, 1.82) is 0 Å². The van der Waals surface area contributed by atoms with Gasteiger partial charge in [0.15, 0.2) is 0 Å². The third-order valence-corrected chi connectivity index (χ3v) is 1.79. The Morgan fingerprint density at radius 1 is 1.15 bits per heavy atom. The van der Waals surface area contributed by atoms with Gasteiger partial charge in [-0.3, -0.25) is 0 Å². The monoisotopic (exact) mass is 189 g/mol. The van der Waals surface area contributed by atoms with Crippen molar-refractivity contribution < 1.29 is 9.47 Å². The van der Waals surface area contributed by atoms with Crippen LogP contribution in [0.2, 0.25) is 0 Å². The van der Waals surface area contributed by atoms with Crippen molar-refractivity contribution in [3.8, 4) is 0 Å². The van der Waals surface area contributed by atoms with E-state index in [-0.39, 0.29) is 0 Å². The van der Waals surface area contributed by atoms with Gasteiger partial charge in [0.1, 0.15) is 0 Å². The van der Waals surface area contributed by atoms with Gasteiger partial charge in [0.05, 0.1) is 19.3 Å².